The number of carboxylic acids is 1. The van der Waals surface area contributed by atoms with E-state index in [2.05, 4.69) is 108 Å². The van der Waals surface area contributed by atoms with Crippen molar-refractivity contribution in [1.82, 2.24) is 38.7 Å². The Hall–Kier alpha value is -10.0. The Morgan fingerprint density at radius 1 is 0.579 bits per heavy atom. The second kappa shape index (κ2) is 32.7. The molecule has 20 heteroatoms. The summed E-state index contributed by atoms with van der Waals surface area (Å²) in [6.07, 6.45) is 10.9. The zero-order valence-corrected chi connectivity index (χ0v) is 55.5. The second-order valence-corrected chi connectivity index (χ2v) is 25.0. The molecule has 494 valence electrons. The summed E-state index contributed by atoms with van der Waals surface area (Å²) < 4.78 is 8.90. The number of methoxy groups -OCH3 is 1. The molecule has 20 nitrogen and oxygen atoms in total. The van der Waals surface area contributed by atoms with E-state index < -0.39 is 24.0 Å². The number of benzene rings is 6. The lowest BCUT2D eigenvalue weighted by molar-refractivity contribution is -0.151. The van der Waals surface area contributed by atoms with Crippen LogP contribution in [0.2, 0.25) is 0 Å². The maximum absolute atomic E-state index is 14.0. The number of carbonyl (C=O) groups excluding carboxylic acids is 5. The number of rotatable bonds is 26. The van der Waals surface area contributed by atoms with Crippen molar-refractivity contribution in [3.05, 3.63) is 192 Å². The molecule has 2 saturated heterocycles. The average molecular weight is 1280 g/mol. The topological polar surface area (TPSA) is 235 Å². The highest BCUT2D eigenvalue weighted by atomic mass is 16.5. The van der Waals surface area contributed by atoms with Crippen LogP contribution in [0.3, 0.4) is 0 Å². The van der Waals surface area contributed by atoms with Crippen molar-refractivity contribution in [3.63, 3.8) is 0 Å². The smallest absolute Gasteiger partial charge is 0.328 e. The van der Waals surface area contributed by atoms with Gasteiger partial charge in [0.15, 0.2) is 0 Å². The number of ether oxygens (including phenoxy) is 1. The van der Waals surface area contributed by atoms with Crippen molar-refractivity contribution in [2.75, 3.05) is 56.2 Å². The third-order valence-electron chi connectivity index (χ3n) is 18.8. The van der Waals surface area contributed by atoms with E-state index in [0.29, 0.717) is 94.4 Å². The first kappa shape index (κ1) is 69.3. The number of amides is 4. The molecular weight excluding hydrogens is 1200 g/mol. The fraction of sp³-hybridized carbons (Fsp3) is 0.387. The molecule has 0 bridgehead atoms. The third-order valence-corrected chi connectivity index (χ3v) is 18.8. The highest BCUT2D eigenvalue weighted by Gasteiger charge is 2.39. The van der Waals surface area contributed by atoms with Gasteiger partial charge < -0.3 is 28.8 Å². The number of carboxylic acid groups (broad SMARTS) is 1. The van der Waals surface area contributed by atoms with E-state index in [0.717, 1.165) is 63.1 Å². The third kappa shape index (κ3) is 17.0. The number of esters is 1. The molecule has 4 amide bonds. The molecule has 1 N–H and O–H groups in total. The highest BCUT2D eigenvalue weighted by Crippen LogP contribution is 2.31. The van der Waals surface area contributed by atoms with Crippen molar-refractivity contribution in [2.45, 2.75) is 130 Å². The zero-order chi connectivity index (χ0) is 67.7. The summed E-state index contributed by atoms with van der Waals surface area (Å²) in [6.45, 7) is 15.3. The first-order chi connectivity index (χ1) is 45.9. The summed E-state index contributed by atoms with van der Waals surface area (Å²) in [5.74, 6) is -0.544. The van der Waals surface area contributed by atoms with E-state index in [9.17, 15) is 44.4 Å². The fourth-order valence-corrected chi connectivity index (χ4v) is 13.3. The Bertz CT molecular complexity index is 4050. The molecule has 2 aliphatic rings. The molecule has 6 aromatic carbocycles. The van der Waals surface area contributed by atoms with E-state index in [1.165, 1.54) is 12.0 Å². The largest absolute Gasteiger partial charge is 0.480 e. The summed E-state index contributed by atoms with van der Waals surface area (Å²) >= 11 is 0. The van der Waals surface area contributed by atoms with Crippen LogP contribution >= 0.6 is 0 Å². The van der Waals surface area contributed by atoms with Gasteiger partial charge in [0.1, 0.15) is 23.7 Å². The van der Waals surface area contributed by atoms with Gasteiger partial charge >= 0.3 is 11.9 Å². The minimum absolute atomic E-state index is 0.0240. The lowest BCUT2D eigenvalue weighted by Crippen LogP contribution is -2.52. The van der Waals surface area contributed by atoms with Gasteiger partial charge in [-0.1, -0.05) is 150 Å². The summed E-state index contributed by atoms with van der Waals surface area (Å²) in [7, 11) is 1.36. The molecule has 2 fully saturated rings. The number of hydrogen-bond acceptors (Lipinski definition) is 13. The molecule has 4 heterocycles. The Kier molecular flexibility index (Phi) is 23.9. The van der Waals surface area contributed by atoms with Gasteiger partial charge in [-0.3, -0.25) is 38.8 Å². The Labute approximate surface area is 556 Å². The number of fused-ring (bicyclic) bond motifs is 2. The number of nitriles is 2. The van der Waals surface area contributed by atoms with Crippen molar-refractivity contribution in [2.24, 2.45) is 11.8 Å². The predicted octanol–water partition coefficient (Wildman–Crippen LogP) is 10.7. The normalized spacial score (nSPS) is 15.7. The minimum atomic E-state index is -0.979. The molecule has 2 aromatic heterocycles. The van der Waals surface area contributed by atoms with Crippen LogP contribution in [0, 0.1) is 34.5 Å². The first-order valence-electron chi connectivity index (χ1n) is 32.8. The number of likely N-dealkylation sites (tertiary alicyclic amines) is 2. The van der Waals surface area contributed by atoms with Crippen molar-refractivity contribution in [3.8, 4) is 12.1 Å². The molecule has 2 aliphatic heterocycles. The molecule has 8 aromatic rings. The second-order valence-electron chi connectivity index (χ2n) is 25.0. The summed E-state index contributed by atoms with van der Waals surface area (Å²) in [4.78, 5) is 99.2. The maximum Gasteiger partial charge on any atom is 0.328 e. The van der Waals surface area contributed by atoms with Crippen LogP contribution < -0.4 is 9.80 Å². The standard InChI is InChI=1S/C38H44N6O4.C37H42N6O4/c1-5-27(2)35(44(28(3)45)36-21-40-26-42(36)22-30-17-15-29(20-39)16-18-30)24-41(23-32-12-8-11-31-10-6-7-13-33(31)32)25-37(46)43-19-9-14-34(43)38(47)48-4;1-4-26(2)34(43(27(3)44)35-20-39-25-41(35)21-29-16-14-28(19-38)15-17-29)23-40(24-36(45)42-18-8-13-33(42)37(46)47)22-31-11-7-10-30-9-5-6-12-32(30)31/h6-8,10-13,15-18,21,26-27,34-35H,5,9,14,19,22-25H2,1-4H3;5-7,9-12,14-17,20,25-26,33-34H,4,8,13,18,21-24H2,1-3H3,(H,46,47)/t27-,34-,35+;26-,33-,34+/m00/s1. The summed E-state index contributed by atoms with van der Waals surface area (Å²) in [6, 6.07) is 45.6. The highest BCUT2D eigenvalue weighted by molar-refractivity contribution is 5.93. The van der Waals surface area contributed by atoms with Crippen molar-refractivity contribution < 1.29 is 38.6 Å². The molecule has 0 saturated carbocycles. The Morgan fingerprint density at radius 3 is 1.37 bits per heavy atom. The van der Waals surface area contributed by atoms with Crippen LogP contribution in [0.5, 0.6) is 0 Å². The minimum Gasteiger partial charge on any atom is -0.480 e. The van der Waals surface area contributed by atoms with Crippen LogP contribution in [-0.4, -0.2) is 150 Å². The molecule has 0 aliphatic carbocycles. The van der Waals surface area contributed by atoms with E-state index in [1.54, 1.807) is 73.0 Å². The van der Waals surface area contributed by atoms with E-state index in [4.69, 9.17) is 4.74 Å². The van der Waals surface area contributed by atoms with Gasteiger partial charge in [-0.2, -0.15) is 10.5 Å². The van der Waals surface area contributed by atoms with Crippen molar-refractivity contribution in [1.29, 1.82) is 10.5 Å². The van der Waals surface area contributed by atoms with E-state index >= 15 is 0 Å². The summed E-state index contributed by atoms with van der Waals surface area (Å²) in [5, 5.41) is 32.6. The number of aromatic nitrogens is 4. The number of hydrogen-bond donors (Lipinski definition) is 1. The van der Waals surface area contributed by atoms with Crippen LogP contribution in [-0.2, 0) is 59.7 Å². The van der Waals surface area contributed by atoms with Gasteiger partial charge in [0.2, 0.25) is 23.6 Å². The van der Waals surface area contributed by atoms with E-state index in [1.807, 2.05) is 74.7 Å². The molecule has 0 spiro atoms. The van der Waals surface area contributed by atoms with Gasteiger partial charge in [0.05, 0.1) is 93.7 Å². The van der Waals surface area contributed by atoms with Gasteiger partial charge in [0.25, 0.3) is 0 Å². The fourth-order valence-electron chi connectivity index (χ4n) is 13.3. The molecule has 0 radical (unpaired) electrons. The average Bonchev–Trinajstić information content (AvgIpc) is 1.81. The van der Waals surface area contributed by atoms with Gasteiger partial charge in [0, 0.05) is 53.1 Å². The number of imidazole rings is 2. The monoisotopic (exact) mass is 1280 g/mol. The number of anilines is 2. The van der Waals surface area contributed by atoms with Crippen molar-refractivity contribution >= 4 is 68.7 Å². The quantitative estimate of drug-likeness (QED) is 0.0497. The Balaban J connectivity index is 0.000000223. The summed E-state index contributed by atoms with van der Waals surface area (Å²) in [5.41, 5.74) is 5.23. The van der Waals surface area contributed by atoms with Crippen LogP contribution in [0.1, 0.15) is 113 Å². The maximum atomic E-state index is 14.0. The number of carbonyl (C=O) groups is 6. The molecule has 0 unspecified atom stereocenters. The van der Waals surface area contributed by atoms with Crippen LogP contribution in [0.25, 0.3) is 21.5 Å². The van der Waals surface area contributed by atoms with Gasteiger partial charge in [-0.25, -0.2) is 19.6 Å². The van der Waals surface area contributed by atoms with Gasteiger partial charge in [-0.05, 0) is 106 Å². The molecule has 95 heavy (non-hydrogen) atoms. The first-order valence-corrected chi connectivity index (χ1v) is 32.8. The van der Waals surface area contributed by atoms with Crippen LogP contribution in [0.4, 0.5) is 11.6 Å². The zero-order valence-electron chi connectivity index (χ0n) is 55.5. The van der Waals surface area contributed by atoms with Gasteiger partial charge in [-0.15, -0.1) is 0 Å². The molecule has 6 atom stereocenters. The lowest BCUT2D eigenvalue weighted by Gasteiger charge is -2.39. The number of aliphatic carboxylic acids is 1. The number of nitrogens with zero attached hydrogens (tertiary/aromatic N) is 12. The molecular formula is C75H86N12O8. The SMILES string of the molecule is CC[C@H](C)[C@@H](CN(CC(=O)N1CCC[C@H]1C(=O)O)Cc1cccc2ccccc12)N(C(C)=O)c1cncn1Cc1ccc(C#N)cc1.CC[C@H](C)[C@@H](CN(CC(=O)N1CCC[C@H]1C(=O)OC)Cc1cccc2ccccc12)N(C(C)=O)c1cncn1Cc1ccc(C#N)cc1. The lowest BCUT2D eigenvalue weighted by atomic mass is 9.96. The predicted molar refractivity (Wildman–Crippen MR) is 365 cm³/mol. The Morgan fingerprint density at radius 2 is 0.979 bits per heavy atom. The van der Waals surface area contributed by atoms with Crippen LogP contribution in [0.15, 0.2) is 159 Å². The molecule has 10 rings (SSSR count). The van der Waals surface area contributed by atoms with E-state index in [-0.39, 0.29) is 60.6 Å².